The van der Waals surface area contributed by atoms with Crippen molar-refractivity contribution in [3.8, 4) is 0 Å². The van der Waals surface area contributed by atoms with Gasteiger partial charge in [0, 0.05) is 19.5 Å². The van der Waals surface area contributed by atoms with Crippen LogP contribution in [0.2, 0.25) is 0 Å². The van der Waals surface area contributed by atoms with Gasteiger partial charge in [-0.25, -0.2) is 4.79 Å². The van der Waals surface area contributed by atoms with Gasteiger partial charge in [-0.3, -0.25) is 4.79 Å². The van der Waals surface area contributed by atoms with Gasteiger partial charge in [0.1, 0.15) is 5.60 Å². The Morgan fingerprint density at radius 2 is 1.74 bits per heavy atom. The first-order valence-corrected chi connectivity index (χ1v) is 6.94. The van der Waals surface area contributed by atoms with Gasteiger partial charge >= 0.3 is 6.09 Å². The van der Waals surface area contributed by atoms with Gasteiger partial charge in [-0.15, -0.1) is 0 Å². The first-order valence-electron chi connectivity index (χ1n) is 6.94. The molecule has 0 unspecified atom stereocenters. The van der Waals surface area contributed by atoms with Gasteiger partial charge in [-0.1, -0.05) is 13.8 Å². The lowest BCUT2D eigenvalue weighted by molar-refractivity contribution is -0.120. The van der Waals surface area contributed by atoms with E-state index in [1.807, 2.05) is 0 Å². The molecule has 0 aliphatic carbocycles. The van der Waals surface area contributed by atoms with Gasteiger partial charge in [0.2, 0.25) is 5.91 Å². The Kier molecular flexibility index (Phi) is 8.19. The molecule has 0 aromatic heterocycles. The number of rotatable bonds is 7. The van der Waals surface area contributed by atoms with Crippen LogP contribution in [-0.4, -0.2) is 30.7 Å². The fraction of sp³-hybridized carbons (Fsp3) is 0.857. The van der Waals surface area contributed by atoms with Crippen molar-refractivity contribution < 1.29 is 14.3 Å². The van der Waals surface area contributed by atoms with Gasteiger partial charge < -0.3 is 15.4 Å². The fourth-order valence-corrected chi connectivity index (χ4v) is 1.42. The van der Waals surface area contributed by atoms with Crippen LogP contribution in [0, 0.1) is 5.92 Å². The van der Waals surface area contributed by atoms with Crippen molar-refractivity contribution in [2.75, 3.05) is 13.1 Å². The molecule has 0 spiro atoms. The van der Waals surface area contributed by atoms with E-state index in [0.717, 1.165) is 12.8 Å². The SMILES string of the molecule is CC(C)CCCNC(=O)CCNC(=O)OC(C)(C)C. The van der Waals surface area contributed by atoms with Crippen LogP contribution in [0.4, 0.5) is 4.79 Å². The molecule has 0 bridgehead atoms. The van der Waals surface area contributed by atoms with E-state index in [4.69, 9.17) is 4.74 Å². The third kappa shape index (κ3) is 13.0. The fourth-order valence-electron chi connectivity index (χ4n) is 1.42. The van der Waals surface area contributed by atoms with Crippen LogP contribution >= 0.6 is 0 Å². The normalized spacial score (nSPS) is 11.3. The van der Waals surface area contributed by atoms with Crippen molar-refractivity contribution in [2.45, 2.75) is 59.5 Å². The maximum atomic E-state index is 11.5. The molecule has 0 aromatic carbocycles. The predicted molar refractivity (Wildman–Crippen MR) is 75.9 cm³/mol. The van der Waals surface area contributed by atoms with Gasteiger partial charge in [-0.2, -0.15) is 0 Å². The van der Waals surface area contributed by atoms with E-state index in [1.165, 1.54) is 0 Å². The molecule has 0 saturated heterocycles. The van der Waals surface area contributed by atoms with Gasteiger partial charge in [0.05, 0.1) is 0 Å². The number of carbonyl (C=O) groups is 2. The van der Waals surface area contributed by atoms with Crippen LogP contribution in [0.25, 0.3) is 0 Å². The average Bonchev–Trinajstić information content (AvgIpc) is 2.21. The number of carbonyl (C=O) groups excluding carboxylic acids is 2. The Bertz CT molecular complexity index is 283. The van der Waals surface area contributed by atoms with Gasteiger partial charge in [0.25, 0.3) is 0 Å². The number of amides is 2. The summed E-state index contributed by atoms with van der Waals surface area (Å²) >= 11 is 0. The number of ether oxygens (including phenoxy) is 1. The minimum absolute atomic E-state index is 0.0418. The quantitative estimate of drug-likeness (QED) is 0.700. The van der Waals surface area contributed by atoms with Crippen molar-refractivity contribution in [1.29, 1.82) is 0 Å². The minimum Gasteiger partial charge on any atom is -0.444 e. The largest absolute Gasteiger partial charge is 0.444 e. The molecule has 0 saturated carbocycles. The summed E-state index contributed by atoms with van der Waals surface area (Å²) in [4.78, 5) is 22.8. The zero-order valence-corrected chi connectivity index (χ0v) is 12.8. The smallest absolute Gasteiger partial charge is 0.407 e. The summed E-state index contributed by atoms with van der Waals surface area (Å²) < 4.78 is 5.06. The molecule has 0 aromatic rings. The zero-order chi connectivity index (χ0) is 14.9. The van der Waals surface area contributed by atoms with Crippen molar-refractivity contribution in [3.05, 3.63) is 0 Å². The van der Waals surface area contributed by atoms with E-state index in [9.17, 15) is 9.59 Å². The highest BCUT2D eigenvalue weighted by atomic mass is 16.6. The number of hydrogen-bond donors (Lipinski definition) is 2. The summed E-state index contributed by atoms with van der Waals surface area (Å²) in [6, 6.07) is 0. The summed E-state index contributed by atoms with van der Waals surface area (Å²) in [7, 11) is 0. The van der Waals surface area contributed by atoms with Crippen molar-refractivity contribution in [2.24, 2.45) is 5.92 Å². The Balaban J connectivity index is 3.56. The standard InChI is InChI=1S/C14H28N2O3/c1-11(2)7-6-9-15-12(17)8-10-16-13(18)19-14(3,4)5/h11H,6-10H2,1-5H3,(H,15,17)(H,16,18). The first kappa shape index (κ1) is 17.7. The van der Waals surface area contributed by atoms with Crippen molar-refractivity contribution in [3.63, 3.8) is 0 Å². The highest BCUT2D eigenvalue weighted by molar-refractivity contribution is 5.76. The first-order chi connectivity index (χ1) is 8.70. The third-order valence-corrected chi connectivity index (χ3v) is 2.30. The predicted octanol–water partition coefficient (Wildman–Crippen LogP) is 2.45. The van der Waals surface area contributed by atoms with E-state index in [0.29, 0.717) is 19.0 Å². The number of alkyl carbamates (subject to hydrolysis) is 1. The summed E-state index contributed by atoms with van der Waals surface area (Å²) in [5.41, 5.74) is -0.511. The van der Waals surface area contributed by atoms with Gasteiger partial charge in [0.15, 0.2) is 0 Å². The lowest BCUT2D eigenvalue weighted by Crippen LogP contribution is -2.35. The highest BCUT2D eigenvalue weighted by Crippen LogP contribution is 2.06. The van der Waals surface area contributed by atoms with Gasteiger partial charge in [-0.05, 0) is 39.5 Å². The molecule has 0 fully saturated rings. The van der Waals surface area contributed by atoms with E-state index in [2.05, 4.69) is 24.5 Å². The lowest BCUT2D eigenvalue weighted by Gasteiger charge is -2.19. The highest BCUT2D eigenvalue weighted by Gasteiger charge is 2.15. The molecule has 2 N–H and O–H groups in total. The van der Waals surface area contributed by atoms with Crippen molar-refractivity contribution >= 4 is 12.0 Å². The monoisotopic (exact) mass is 272 g/mol. The summed E-state index contributed by atoms with van der Waals surface area (Å²) in [6.45, 7) is 10.7. The molecule has 0 rings (SSSR count). The maximum absolute atomic E-state index is 11.5. The van der Waals surface area contributed by atoms with E-state index >= 15 is 0 Å². The second-order valence-corrected chi connectivity index (χ2v) is 6.06. The number of hydrogen-bond acceptors (Lipinski definition) is 3. The van der Waals surface area contributed by atoms with E-state index in [1.54, 1.807) is 20.8 Å². The van der Waals surface area contributed by atoms with E-state index in [-0.39, 0.29) is 12.3 Å². The minimum atomic E-state index is -0.511. The summed E-state index contributed by atoms with van der Waals surface area (Å²) in [5.74, 6) is 0.616. The molecule has 0 heterocycles. The van der Waals surface area contributed by atoms with Crippen molar-refractivity contribution in [1.82, 2.24) is 10.6 Å². The Morgan fingerprint density at radius 3 is 2.26 bits per heavy atom. The second kappa shape index (κ2) is 8.77. The third-order valence-electron chi connectivity index (χ3n) is 2.30. The molecule has 0 atom stereocenters. The molecular formula is C14H28N2O3. The number of nitrogens with one attached hydrogen (secondary N) is 2. The molecule has 2 amide bonds. The molecule has 0 aliphatic rings. The molecule has 5 heteroatoms. The van der Waals surface area contributed by atoms with Crippen LogP contribution < -0.4 is 10.6 Å². The van der Waals surface area contributed by atoms with Crippen LogP contribution in [0.1, 0.15) is 53.9 Å². The summed E-state index contributed by atoms with van der Waals surface area (Å²) in [6.07, 6.45) is 1.89. The molecule has 0 radical (unpaired) electrons. The summed E-state index contributed by atoms with van der Waals surface area (Å²) in [5, 5.41) is 5.39. The van der Waals surface area contributed by atoms with Crippen LogP contribution in [0.3, 0.4) is 0 Å². The zero-order valence-electron chi connectivity index (χ0n) is 12.8. The van der Waals surface area contributed by atoms with Crippen LogP contribution in [0.15, 0.2) is 0 Å². The molecule has 112 valence electrons. The molecule has 0 aliphatic heterocycles. The van der Waals surface area contributed by atoms with Crippen LogP contribution in [0.5, 0.6) is 0 Å². The Labute approximate surface area is 116 Å². The van der Waals surface area contributed by atoms with Crippen LogP contribution in [-0.2, 0) is 9.53 Å². The topological polar surface area (TPSA) is 67.4 Å². The second-order valence-electron chi connectivity index (χ2n) is 6.06. The molecule has 19 heavy (non-hydrogen) atoms. The maximum Gasteiger partial charge on any atom is 0.407 e. The molecule has 5 nitrogen and oxygen atoms in total. The lowest BCUT2D eigenvalue weighted by atomic mass is 10.1. The Morgan fingerprint density at radius 1 is 1.11 bits per heavy atom. The average molecular weight is 272 g/mol. The molecular weight excluding hydrogens is 244 g/mol. The Hall–Kier alpha value is -1.26. The van der Waals surface area contributed by atoms with E-state index < -0.39 is 11.7 Å².